The third-order valence-electron chi connectivity index (χ3n) is 6.23. The quantitative estimate of drug-likeness (QED) is 0.782. The number of nitrogens with one attached hydrogen (secondary N) is 1. The fraction of sp³-hybridized carbons (Fsp3) is 0.524. The van der Waals surface area contributed by atoms with E-state index < -0.39 is 15.8 Å². The van der Waals surface area contributed by atoms with Crippen LogP contribution in [0.4, 0.5) is 10.2 Å². The lowest BCUT2D eigenvalue weighted by molar-refractivity contribution is 0.120. The van der Waals surface area contributed by atoms with Crippen molar-refractivity contribution < 1.29 is 17.5 Å². The second-order valence-corrected chi connectivity index (χ2v) is 10.1. The molecule has 2 bridgehead atoms. The maximum atomic E-state index is 13.7. The first-order valence-electron chi connectivity index (χ1n) is 10.5. The second kappa shape index (κ2) is 7.55. The van der Waals surface area contributed by atoms with Gasteiger partial charge in [0.15, 0.2) is 0 Å². The number of halogens is 1. The lowest BCUT2D eigenvalue weighted by atomic mass is 10.00. The Balaban J connectivity index is 1.51. The van der Waals surface area contributed by atoms with Crippen LogP contribution in [-0.2, 0) is 21.2 Å². The normalized spacial score (nSPS) is 26.0. The van der Waals surface area contributed by atoms with E-state index in [2.05, 4.69) is 15.3 Å². The smallest absolute Gasteiger partial charge is 0.244 e. The Morgan fingerprint density at radius 2 is 2.13 bits per heavy atom. The molecule has 2 aromatic rings. The molecule has 2 fully saturated rings. The van der Waals surface area contributed by atoms with Gasteiger partial charge in [0.05, 0.1) is 22.7 Å². The van der Waals surface area contributed by atoms with Crippen LogP contribution in [0.2, 0.25) is 0 Å². The molecule has 2 saturated heterocycles. The van der Waals surface area contributed by atoms with Gasteiger partial charge in [0.1, 0.15) is 17.5 Å². The Hall–Kier alpha value is -2.10. The van der Waals surface area contributed by atoms with Crippen LogP contribution in [0.15, 0.2) is 29.2 Å². The van der Waals surface area contributed by atoms with Gasteiger partial charge < -0.3 is 10.1 Å². The van der Waals surface area contributed by atoms with Crippen LogP contribution < -0.4 is 5.32 Å². The first-order valence-corrected chi connectivity index (χ1v) is 11.9. The van der Waals surface area contributed by atoms with Crippen molar-refractivity contribution in [3.8, 4) is 0 Å². The second-order valence-electron chi connectivity index (χ2n) is 8.24. The average molecular weight is 433 g/mol. The molecule has 9 heteroatoms. The Morgan fingerprint density at radius 3 is 2.90 bits per heavy atom. The molecule has 3 aliphatic rings. The van der Waals surface area contributed by atoms with Gasteiger partial charge in [-0.25, -0.2) is 22.8 Å². The molecule has 30 heavy (non-hydrogen) atoms. The molecule has 0 aliphatic carbocycles. The summed E-state index contributed by atoms with van der Waals surface area (Å²) < 4.78 is 47.9. The van der Waals surface area contributed by atoms with E-state index in [1.807, 2.05) is 6.92 Å². The monoisotopic (exact) mass is 432 g/mol. The summed E-state index contributed by atoms with van der Waals surface area (Å²) in [6, 6.07) is 4.71. The average Bonchev–Trinajstić information content (AvgIpc) is 3.33. The highest BCUT2D eigenvalue weighted by Gasteiger charge is 2.48. The number of benzene rings is 1. The number of fused-ring (bicyclic) bond motifs is 4. The third-order valence-corrected chi connectivity index (χ3v) is 8.19. The summed E-state index contributed by atoms with van der Waals surface area (Å²) >= 11 is 0. The highest BCUT2D eigenvalue weighted by Crippen LogP contribution is 2.48. The molecule has 4 heterocycles. The summed E-state index contributed by atoms with van der Waals surface area (Å²) in [5.41, 5.74) is 1.77. The van der Waals surface area contributed by atoms with Crippen LogP contribution >= 0.6 is 0 Å². The predicted molar refractivity (Wildman–Crippen MR) is 109 cm³/mol. The molecule has 3 aliphatic heterocycles. The molecular weight excluding hydrogens is 407 g/mol. The van der Waals surface area contributed by atoms with Crippen molar-refractivity contribution in [1.29, 1.82) is 0 Å². The largest absolute Gasteiger partial charge is 0.376 e. The van der Waals surface area contributed by atoms with Crippen molar-refractivity contribution >= 4 is 15.8 Å². The Morgan fingerprint density at radius 1 is 1.27 bits per heavy atom. The fourth-order valence-corrected chi connectivity index (χ4v) is 6.83. The van der Waals surface area contributed by atoms with Crippen LogP contribution in [0.1, 0.15) is 48.8 Å². The van der Waals surface area contributed by atoms with Crippen molar-refractivity contribution in [2.24, 2.45) is 0 Å². The van der Waals surface area contributed by atoms with Crippen molar-refractivity contribution in [3.63, 3.8) is 0 Å². The van der Waals surface area contributed by atoms with Gasteiger partial charge in [0, 0.05) is 31.2 Å². The summed E-state index contributed by atoms with van der Waals surface area (Å²) in [4.78, 5) is 9.23. The van der Waals surface area contributed by atoms with E-state index in [4.69, 9.17) is 4.74 Å². The molecule has 1 aromatic heterocycles. The van der Waals surface area contributed by atoms with Crippen LogP contribution in [0.3, 0.4) is 0 Å². The van der Waals surface area contributed by atoms with Gasteiger partial charge >= 0.3 is 0 Å². The van der Waals surface area contributed by atoms with Crippen molar-refractivity contribution in [3.05, 3.63) is 47.2 Å². The van der Waals surface area contributed by atoms with E-state index in [1.54, 1.807) is 4.31 Å². The molecule has 0 spiro atoms. The number of anilines is 1. The Kier molecular flexibility index (Phi) is 4.99. The van der Waals surface area contributed by atoms with Gasteiger partial charge in [-0.1, -0.05) is 6.07 Å². The van der Waals surface area contributed by atoms with Crippen LogP contribution in [0.5, 0.6) is 0 Å². The molecule has 5 rings (SSSR count). The van der Waals surface area contributed by atoms with Gasteiger partial charge in [0.25, 0.3) is 0 Å². The van der Waals surface area contributed by atoms with Crippen molar-refractivity contribution in [2.75, 3.05) is 18.5 Å². The minimum atomic E-state index is -3.84. The van der Waals surface area contributed by atoms with E-state index in [-0.39, 0.29) is 23.1 Å². The predicted octanol–water partition coefficient (Wildman–Crippen LogP) is 2.97. The zero-order valence-electron chi connectivity index (χ0n) is 16.8. The van der Waals surface area contributed by atoms with Crippen molar-refractivity contribution in [1.82, 2.24) is 14.3 Å². The molecule has 0 saturated carbocycles. The van der Waals surface area contributed by atoms with Gasteiger partial charge in [-0.15, -0.1) is 0 Å². The molecule has 0 amide bonds. The molecule has 160 valence electrons. The lowest BCUT2D eigenvalue weighted by Gasteiger charge is -2.35. The first-order chi connectivity index (χ1) is 14.4. The summed E-state index contributed by atoms with van der Waals surface area (Å²) in [5, 5.41) is 3.40. The van der Waals surface area contributed by atoms with E-state index in [0.29, 0.717) is 31.0 Å². The van der Waals surface area contributed by atoms with Gasteiger partial charge in [-0.05, 0) is 50.8 Å². The standard InChI is InChI=1S/C21H25FN4O3S/c1-13-24-18-11-15-7-8-19(20(18)21(25-13)23-12-16-5-3-9-29-16)26(15)30(27,28)17-6-2-4-14(22)10-17/h2,4,6,10,15-16,19H,3,5,7-9,11-12H2,1H3,(H,23,24,25)/t15-,16-,19-/m0/s1. The van der Waals surface area contributed by atoms with Gasteiger partial charge in [-0.3, -0.25) is 0 Å². The van der Waals surface area contributed by atoms with E-state index in [0.717, 1.165) is 43.2 Å². The molecule has 0 unspecified atom stereocenters. The molecule has 0 radical (unpaired) electrons. The van der Waals surface area contributed by atoms with Crippen LogP contribution in [-0.4, -0.2) is 48.0 Å². The molecule has 1 N–H and O–H groups in total. The third kappa shape index (κ3) is 3.38. The van der Waals surface area contributed by atoms with E-state index in [1.165, 1.54) is 18.2 Å². The summed E-state index contributed by atoms with van der Waals surface area (Å²) in [6.45, 7) is 3.27. The van der Waals surface area contributed by atoms with Crippen LogP contribution in [0.25, 0.3) is 0 Å². The SMILES string of the molecule is Cc1nc2c(c(NC[C@@H]3CCCO3)n1)[C@@H]1CC[C@@H](C2)N1S(=O)(=O)c1cccc(F)c1. The van der Waals surface area contributed by atoms with E-state index >= 15 is 0 Å². The van der Waals surface area contributed by atoms with Crippen LogP contribution in [0, 0.1) is 12.7 Å². The molecular formula is C21H25FN4O3S. The van der Waals surface area contributed by atoms with E-state index in [9.17, 15) is 12.8 Å². The number of sulfonamides is 1. The minimum absolute atomic E-state index is 0.00950. The fourth-order valence-electron chi connectivity index (χ4n) is 4.95. The Labute approximate surface area is 175 Å². The number of aromatic nitrogens is 2. The Bertz CT molecular complexity index is 1070. The highest BCUT2D eigenvalue weighted by molar-refractivity contribution is 7.89. The maximum absolute atomic E-state index is 13.7. The van der Waals surface area contributed by atoms with Gasteiger partial charge in [-0.2, -0.15) is 4.31 Å². The molecule has 3 atom stereocenters. The van der Waals surface area contributed by atoms with Crippen molar-refractivity contribution in [2.45, 2.75) is 62.1 Å². The number of ether oxygens (including phenoxy) is 1. The summed E-state index contributed by atoms with van der Waals surface area (Å²) in [7, 11) is -3.84. The van der Waals surface area contributed by atoms with Gasteiger partial charge in [0.2, 0.25) is 10.0 Å². The summed E-state index contributed by atoms with van der Waals surface area (Å²) in [5.74, 6) is 0.806. The summed E-state index contributed by atoms with van der Waals surface area (Å²) in [6.07, 6.45) is 4.19. The first kappa shape index (κ1) is 19.8. The number of aryl methyl sites for hydroxylation is 1. The minimum Gasteiger partial charge on any atom is -0.376 e. The number of rotatable bonds is 5. The number of hydrogen-bond donors (Lipinski definition) is 1. The topological polar surface area (TPSA) is 84.4 Å². The molecule has 1 aromatic carbocycles. The number of hydrogen-bond acceptors (Lipinski definition) is 6. The zero-order chi connectivity index (χ0) is 20.9. The number of nitrogens with zero attached hydrogens (tertiary/aromatic N) is 3. The lowest BCUT2D eigenvalue weighted by Crippen LogP contribution is -2.42. The zero-order valence-corrected chi connectivity index (χ0v) is 17.7. The molecule has 7 nitrogen and oxygen atoms in total. The highest BCUT2D eigenvalue weighted by atomic mass is 32.2. The maximum Gasteiger partial charge on any atom is 0.244 e.